The van der Waals surface area contributed by atoms with Crippen molar-refractivity contribution >= 4 is 29.3 Å². The van der Waals surface area contributed by atoms with E-state index in [1.807, 2.05) is 4.90 Å². The molecule has 1 amide bonds. The molecule has 9 nitrogen and oxygen atoms in total. The number of carbonyl (C=O) groups excluding carboxylic acids is 3. The Morgan fingerprint density at radius 3 is 2.82 bits per heavy atom. The number of fused-ring (bicyclic) bond motifs is 4. The normalized spacial score (nSPS) is 33.1. The molecule has 3 heterocycles. The van der Waals surface area contributed by atoms with Gasteiger partial charge in [-0.1, -0.05) is 0 Å². The summed E-state index contributed by atoms with van der Waals surface area (Å²) in [4.78, 5) is 39.7. The van der Waals surface area contributed by atoms with Crippen molar-refractivity contribution in [3.05, 3.63) is 22.5 Å². The highest BCUT2D eigenvalue weighted by atomic mass is 35.5. The van der Waals surface area contributed by atoms with Gasteiger partial charge < -0.3 is 30.7 Å². The number of ether oxygens (including phenoxy) is 2. The molecule has 28 heavy (non-hydrogen) atoms. The Labute approximate surface area is 167 Å². The third-order valence-corrected chi connectivity index (χ3v) is 6.31. The number of ketones is 2. The monoisotopic (exact) mass is 410 g/mol. The number of primary amides is 1. The molecule has 0 aromatic rings. The first-order valence-corrected chi connectivity index (χ1v) is 9.77. The summed E-state index contributed by atoms with van der Waals surface area (Å²) in [6.07, 6.45) is -0.284. The molecule has 1 unspecified atom stereocenters. The summed E-state index contributed by atoms with van der Waals surface area (Å²) >= 11 is 5.72. The third-order valence-electron chi connectivity index (χ3n) is 6.04. The number of amides is 1. The van der Waals surface area contributed by atoms with Crippen molar-refractivity contribution in [2.75, 3.05) is 32.7 Å². The third kappa shape index (κ3) is 2.49. The van der Waals surface area contributed by atoms with Crippen LogP contribution in [0.5, 0.6) is 0 Å². The molecular weight excluding hydrogens is 388 g/mol. The van der Waals surface area contributed by atoms with Crippen LogP contribution in [0.1, 0.15) is 13.3 Å². The fourth-order valence-electron chi connectivity index (χ4n) is 4.78. The van der Waals surface area contributed by atoms with Gasteiger partial charge in [-0.25, -0.2) is 4.79 Å². The second-order valence-corrected chi connectivity index (χ2v) is 7.77. The van der Waals surface area contributed by atoms with E-state index in [9.17, 15) is 14.4 Å². The zero-order valence-electron chi connectivity index (χ0n) is 15.7. The molecule has 152 valence electrons. The summed E-state index contributed by atoms with van der Waals surface area (Å²) in [5.41, 5.74) is 5.51. The summed E-state index contributed by atoms with van der Waals surface area (Å²) in [6.45, 7) is 2.53. The molecule has 2 fully saturated rings. The van der Waals surface area contributed by atoms with Crippen LogP contribution in [-0.4, -0.2) is 73.1 Å². The number of hydrogen-bond donors (Lipinski definition) is 3. The Hall–Kier alpha value is -2.10. The van der Waals surface area contributed by atoms with Crippen LogP contribution in [0.25, 0.3) is 0 Å². The minimum Gasteiger partial charge on any atom is -0.449 e. The number of allylic oxidation sites excluding steroid dienone is 2. The van der Waals surface area contributed by atoms with Crippen LogP contribution in [0.4, 0.5) is 4.79 Å². The second-order valence-electron chi connectivity index (χ2n) is 7.39. The van der Waals surface area contributed by atoms with E-state index in [1.165, 1.54) is 0 Å². The predicted octanol–water partition coefficient (Wildman–Crippen LogP) is -0.391. The molecule has 3 aliphatic heterocycles. The zero-order chi connectivity index (χ0) is 20.2. The average molecular weight is 411 g/mol. The zero-order valence-corrected chi connectivity index (χ0v) is 16.5. The molecule has 0 spiro atoms. The van der Waals surface area contributed by atoms with Crippen LogP contribution in [0.2, 0.25) is 0 Å². The van der Waals surface area contributed by atoms with E-state index in [1.54, 1.807) is 14.0 Å². The fraction of sp³-hybridized carbons (Fsp3) is 0.611. The van der Waals surface area contributed by atoms with Crippen molar-refractivity contribution in [1.29, 1.82) is 0 Å². The van der Waals surface area contributed by atoms with Crippen molar-refractivity contribution in [3.8, 4) is 0 Å². The predicted molar refractivity (Wildman–Crippen MR) is 99.3 cm³/mol. The molecule has 4 aliphatic rings. The van der Waals surface area contributed by atoms with Crippen LogP contribution in [0.15, 0.2) is 22.5 Å². The maximum atomic E-state index is 13.4. The van der Waals surface area contributed by atoms with Gasteiger partial charge in [-0.15, -0.1) is 11.6 Å². The number of rotatable bonds is 7. The minimum absolute atomic E-state index is 0.0573. The maximum absolute atomic E-state index is 13.4. The fourth-order valence-corrected chi connectivity index (χ4v) is 4.92. The first-order chi connectivity index (χ1) is 13.4. The molecular formula is C18H23ClN4O5. The molecule has 0 saturated carbocycles. The molecule has 0 aromatic carbocycles. The lowest BCUT2D eigenvalue weighted by molar-refractivity contribution is -0.137. The summed E-state index contributed by atoms with van der Waals surface area (Å²) in [5.74, 6) is -0.672. The van der Waals surface area contributed by atoms with E-state index in [0.717, 1.165) is 0 Å². The van der Waals surface area contributed by atoms with Gasteiger partial charge >= 0.3 is 6.09 Å². The van der Waals surface area contributed by atoms with Gasteiger partial charge in [-0.2, -0.15) is 0 Å². The van der Waals surface area contributed by atoms with Gasteiger partial charge in [0, 0.05) is 43.3 Å². The first-order valence-electron chi connectivity index (χ1n) is 9.23. The Bertz CT molecular complexity index is 825. The lowest BCUT2D eigenvalue weighted by atomic mass is 9.82. The maximum Gasteiger partial charge on any atom is 0.404 e. The molecule has 0 radical (unpaired) electrons. The molecule has 10 heteroatoms. The van der Waals surface area contributed by atoms with Gasteiger partial charge in [0.1, 0.15) is 6.61 Å². The molecule has 0 aromatic heterocycles. The van der Waals surface area contributed by atoms with Crippen molar-refractivity contribution in [3.63, 3.8) is 0 Å². The van der Waals surface area contributed by atoms with Gasteiger partial charge in [0.2, 0.25) is 11.6 Å². The summed E-state index contributed by atoms with van der Waals surface area (Å²) in [6, 6.07) is 0.110. The number of halogens is 1. The van der Waals surface area contributed by atoms with Gasteiger partial charge in [0.15, 0.2) is 5.72 Å². The Morgan fingerprint density at radius 2 is 2.18 bits per heavy atom. The summed E-state index contributed by atoms with van der Waals surface area (Å²) in [7, 11) is 1.54. The Kier molecular flexibility index (Phi) is 4.64. The van der Waals surface area contributed by atoms with E-state index in [2.05, 4.69) is 10.6 Å². The van der Waals surface area contributed by atoms with Gasteiger partial charge in [0.05, 0.1) is 23.4 Å². The highest BCUT2D eigenvalue weighted by Crippen LogP contribution is 2.55. The van der Waals surface area contributed by atoms with E-state index in [-0.39, 0.29) is 36.0 Å². The smallest absolute Gasteiger partial charge is 0.404 e. The number of nitrogens with zero attached hydrogens (tertiary/aromatic N) is 1. The van der Waals surface area contributed by atoms with E-state index in [0.29, 0.717) is 42.2 Å². The summed E-state index contributed by atoms with van der Waals surface area (Å²) < 4.78 is 11.0. The van der Waals surface area contributed by atoms with Gasteiger partial charge in [0.25, 0.3) is 0 Å². The van der Waals surface area contributed by atoms with Crippen molar-refractivity contribution in [2.24, 2.45) is 11.7 Å². The van der Waals surface area contributed by atoms with E-state index >= 15 is 0 Å². The second kappa shape index (κ2) is 6.75. The van der Waals surface area contributed by atoms with Crippen LogP contribution in [0.3, 0.4) is 0 Å². The number of carbonyl (C=O) groups is 3. The standard InChI is InChI=1S/C18H23ClN4O5/c1-8-12(21-5-3-4-19)15(25)11-9(7-28-17(20)26)18(27-2)16-10(22-16)6-23(18)13(11)14(8)24/h9-10,16,21-22H,3-7H2,1-2H3,(H2,20,26)/t9-,10+,16+,18?/m0/s1. The largest absolute Gasteiger partial charge is 0.449 e. The number of alkyl halides is 1. The Morgan fingerprint density at radius 1 is 1.43 bits per heavy atom. The van der Waals surface area contributed by atoms with Crippen LogP contribution < -0.4 is 16.4 Å². The van der Waals surface area contributed by atoms with Gasteiger partial charge in [-0.3, -0.25) is 9.59 Å². The molecule has 0 bridgehead atoms. The number of piperazine rings is 1. The molecule has 4 atom stereocenters. The number of methoxy groups -OCH3 is 1. The number of Topliss-reactive ketones (excluding diaryl/α,β-unsaturated/α-hetero) is 2. The number of nitrogens with one attached hydrogen (secondary N) is 2. The van der Waals surface area contributed by atoms with Crippen molar-refractivity contribution in [1.82, 2.24) is 15.5 Å². The van der Waals surface area contributed by atoms with Crippen LogP contribution >= 0.6 is 11.6 Å². The lowest BCUT2D eigenvalue weighted by Crippen LogP contribution is -2.55. The highest BCUT2D eigenvalue weighted by molar-refractivity contribution is 6.25. The number of nitrogens with two attached hydrogens (primary N) is 1. The molecule has 1 aliphatic carbocycles. The molecule has 4 N–H and O–H groups in total. The van der Waals surface area contributed by atoms with Crippen molar-refractivity contribution < 1.29 is 23.9 Å². The topological polar surface area (TPSA) is 133 Å². The molecule has 2 saturated heterocycles. The van der Waals surface area contributed by atoms with Gasteiger partial charge in [-0.05, 0) is 13.3 Å². The summed E-state index contributed by atoms with van der Waals surface area (Å²) in [5, 5.41) is 6.37. The highest BCUT2D eigenvalue weighted by Gasteiger charge is 2.72. The van der Waals surface area contributed by atoms with Crippen molar-refractivity contribution in [2.45, 2.75) is 31.2 Å². The quantitative estimate of drug-likeness (QED) is 0.224. The van der Waals surface area contributed by atoms with E-state index in [4.69, 9.17) is 26.8 Å². The van der Waals surface area contributed by atoms with Crippen LogP contribution in [0, 0.1) is 5.92 Å². The average Bonchev–Trinajstić information content (AvgIpc) is 3.27. The SMILES string of the molecule is COC12[C@@H]3N[C@@H]3CN1C1=C(C(=O)C(NCCCCl)=C(C)C1=O)[C@@H]2COC(N)=O. The lowest BCUT2D eigenvalue weighted by Gasteiger charge is -2.39. The minimum atomic E-state index is -0.956. The Balaban J connectivity index is 1.74. The van der Waals surface area contributed by atoms with Crippen LogP contribution in [-0.2, 0) is 19.1 Å². The van der Waals surface area contributed by atoms with E-state index < -0.39 is 17.7 Å². The molecule has 4 rings (SSSR count). The first kappa shape index (κ1) is 19.2. The number of hydrogen-bond acceptors (Lipinski definition) is 8.